The lowest BCUT2D eigenvalue weighted by atomic mass is 9.84. The Morgan fingerprint density at radius 1 is 0.788 bits per heavy atom. The van der Waals surface area contributed by atoms with Gasteiger partial charge in [0.05, 0.1) is 12.5 Å². The molecule has 0 spiro atoms. The number of benzene rings is 3. The van der Waals surface area contributed by atoms with Gasteiger partial charge in [-0.1, -0.05) is 110 Å². The molecule has 0 N–H and O–H groups in total. The maximum Gasteiger partial charge on any atom is 0.310 e. The van der Waals surface area contributed by atoms with Gasteiger partial charge in [-0.05, 0) is 44.6 Å². The second-order valence-corrected chi connectivity index (χ2v) is 13.6. The standard InChI is InChI=1S/C29H30O2P2/c1-4-31-29(30)25-26-20(2)21(3)27(33(26)24-18-12-7-13-19-24)28(25)32(22-14-8-5-9-15-22)23-16-10-6-11-17-23/h5-19,25-28H,4H2,1-3H3. The average molecular weight is 473 g/mol. The van der Waals surface area contributed by atoms with Crippen LogP contribution in [0.15, 0.2) is 102 Å². The second-order valence-electron chi connectivity index (χ2n) is 8.81. The Bertz CT molecular complexity index is 1100. The number of allylic oxidation sites excluding steroid dienone is 2. The van der Waals surface area contributed by atoms with Gasteiger partial charge in [0, 0.05) is 17.0 Å². The first-order valence-electron chi connectivity index (χ1n) is 11.7. The van der Waals surface area contributed by atoms with Crippen molar-refractivity contribution in [2.45, 2.75) is 37.7 Å². The molecule has 3 aromatic carbocycles. The van der Waals surface area contributed by atoms with Gasteiger partial charge in [0.15, 0.2) is 0 Å². The molecule has 0 amide bonds. The Balaban J connectivity index is 1.71. The van der Waals surface area contributed by atoms with Gasteiger partial charge in [0.1, 0.15) is 0 Å². The topological polar surface area (TPSA) is 26.3 Å². The van der Waals surface area contributed by atoms with E-state index >= 15 is 0 Å². The lowest BCUT2D eigenvalue weighted by molar-refractivity contribution is -0.147. The molecule has 3 aromatic rings. The fraction of sp³-hybridized carbons (Fsp3) is 0.276. The zero-order valence-corrected chi connectivity index (χ0v) is 21.2. The minimum absolute atomic E-state index is 0.00959. The molecule has 0 aliphatic carbocycles. The molecule has 4 heteroatoms. The molecule has 2 nitrogen and oxygen atoms in total. The van der Waals surface area contributed by atoms with Crippen LogP contribution in [0.1, 0.15) is 20.8 Å². The zero-order valence-electron chi connectivity index (χ0n) is 19.4. The number of esters is 1. The van der Waals surface area contributed by atoms with Crippen LogP contribution in [-0.4, -0.2) is 29.6 Å². The largest absolute Gasteiger partial charge is 0.466 e. The van der Waals surface area contributed by atoms with Crippen molar-refractivity contribution in [3.05, 3.63) is 102 Å². The van der Waals surface area contributed by atoms with Crippen LogP contribution in [-0.2, 0) is 9.53 Å². The van der Waals surface area contributed by atoms with E-state index in [1.165, 1.54) is 27.1 Å². The molecule has 2 aliphatic rings. The van der Waals surface area contributed by atoms with Crippen molar-refractivity contribution in [3.8, 4) is 0 Å². The summed E-state index contributed by atoms with van der Waals surface area (Å²) in [7, 11) is -1.25. The molecule has 168 valence electrons. The van der Waals surface area contributed by atoms with E-state index in [0.29, 0.717) is 12.3 Å². The highest BCUT2D eigenvalue weighted by molar-refractivity contribution is 7.76. The molecular weight excluding hydrogens is 442 g/mol. The SMILES string of the molecule is CCOC(=O)C1C(P(c2ccccc2)c2ccccc2)C2C(C)=C(C)C1P2c1ccccc1. The molecule has 1 saturated heterocycles. The van der Waals surface area contributed by atoms with E-state index < -0.39 is 15.8 Å². The van der Waals surface area contributed by atoms with Crippen molar-refractivity contribution < 1.29 is 9.53 Å². The normalized spacial score (nSPS) is 26.1. The first kappa shape index (κ1) is 22.5. The smallest absolute Gasteiger partial charge is 0.310 e. The van der Waals surface area contributed by atoms with E-state index in [1.54, 1.807) is 0 Å². The monoisotopic (exact) mass is 472 g/mol. The fourth-order valence-corrected chi connectivity index (χ4v) is 13.7. The molecule has 2 aliphatic heterocycles. The first-order chi connectivity index (χ1) is 16.1. The maximum absolute atomic E-state index is 13.6. The Labute approximate surface area is 199 Å². The molecule has 2 heterocycles. The number of hydrogen-bond acceptors (Lipinski definition) is 2. The number of carbonyl (C=O) groups is 1. The third-order valence-electron chi connectivity index (χ3n) is 7.12. The van der Waals surface area contributed by atoms with Gasteiger partial charge in [-0.25, -0.2) is 0 Å². The van der Waals surface area contributed by atoms with Crippen LogP contribution in [0.4, 0.5) is 0 Å². The predicted octanol–water partition coefficient (Wildman–Crippen LogP) is 5.58. The lowest BCUT2D eigenvalue weighted by Gasteiger charge is -2.37. The highest BCUT2D eigenvalue weighted by atomic mass is 31.1. The summed E-state index contributed by atoms with van der Waals surface area (Å²) in [5, 5.41) is 4.10. The van der Waals surface area contributed by atoms with E-state index in [1.807, 2.05) is 6.92 Å². The quantitative estimate of drug-likeness (QED) is 0.266. The molecule has 0 saturated carbocycles. The fourth-order valence-electron chi connectivity index (χ4n) is 5.70. The van der Waals surface area contributed by atoms with Gasteiger partial charge in [-0.2, -0.15) is 0 Å². The van der Waals surface area contributed by atoms with Crippen molar-refractivity contribution in [2.75, 3.05) is 6.61 Å². The van der Waals surface area contributed by atoms with E-state index in [-0.39, 0.29) is 23.2 Å². The van der Waals surface area contributed by atoms with Gasteiger partial charge < -0.3 is 4.74 Å². The molecule has 1 fully saturated rings. The van der Waals surface area contributed by atoms with E-state index in [2.05, 4.69) is 105 Å². The summed E-state index contributed by atoms with van der Waals surface area (Å²) in [6.45, 7) is 6.93. The molecule has 0 aromatic heterocycles. The maximum atomic E-state index is 13.6. The Hall–Kier alpha value is -2.27. The minimum atomic E-state index is -0.731. The zero-order chi connectivity index (χ0) is 22.9. The molecule has 5 unspecified atom stereocenters. The summed E-state index contributed by atoms with van der Waals surface area (Å²) in [5.74, 6) is -0.110. The number of ether oxygens (including phenoxy) is 1. The summed E-state index contributed by atoms with van der Waals surface area (Å²) < 4.78 is 5.76. The van der Waals surface area contributed by atoms with Crippen LogP contribution >= 0.6 is 15.8 Å². The minimum Gasteiger partial charge on any atom is -0.466 e. The summed E-state index contributed by atoms with van der Waals surface area (Å²) in [5.41, 5.74) is 3.81. The van der Waals surface area contributed by atoms with E-state index in [4.69, 9.17) is 4.74 Å². The molecule has 5 atom stereocenters. The number of fused-ring (bicyclic) bond motifs is 2. The van der Waals surface area contributed by atoms with Crippen molar-refractivity contribution in [1.29, 1.82) is 0 Å². The van der Waals surface area contributed by atoms with Crippen molar-refractivity contribution in [3.63, 3.8) is 0 Å². The highest BCUT2D eigenvalue weighted by Crippen LogP contribution is 2.72. The second kappa shape index (κ2) is 9.54. The molecule has 0 radical (unpaired) electrons. The van der Waals surface area contributed by atoms with Crippen LogP contribution in [0.25, 0.3) is 0 Å². The van der Waals surface area contributed by atoms with Crippen LogP contribution < -0.4 is 15.9 Å². The van der Waals surface area contributed by atoms with Crippen molar-refractivity contribution in [2.24, 2.45) is 5.92 Å². The summed E-state index contributed by atoms with van der Waals surface area (Å²) in [6.07, 6.45) is 0. The Morgan fingerprint density at radius 3 is 1.79 bits per heavy atom. The van der Waals surface area contributed by atoms with Crippen LogP contribution in [0, 0.1) is 5.92 Å². The van der Waals surface area contributed by atoms with E-state index in [9.17, 15) is 4.79 Å². The first-order valence-corrected chi connectivity index (χ1v) is 14.6. The Morgan fingerprint density at radius 2 is 1.27 bits per heavy atom. The molecule has 33 heavy (non-hydrogen) atoms. The summed E-state index contributed by atoms with van der Waals surface area (Å²) >= 11 is 0. The van der Waals surface area contributed by atoms with Gasteiger partial charge in [-0.3, -0.25) is 4.79 Å². The number of rotatable bonds is 6. The third-order valence-corrected chi connectivity index (χ3v) is 13.8. The van der Waals surface area contributed by atoms with Crippen molar-refractivity contribution in [1.82, 2.24) is 0 Å². The van der Waals surface area contributed by atoms with Gasteiger partial charge in [0.2, 0.25) is 0 Å². The van der Waals surface area contributed by atoms with Gasteiger partial charge in [0.25, 0.3) is 0 Å². The Kier molecular flexibility index (Phi) is 6.51. The molecular formula is C29H30O2P2. The van der Waals surface area contributed by atoms with Crippen LogP contribution in [0.5, 0.6) is 0 Å². The average Bonchev–Trinajstić information content (AvgIpc) is 3.32. The van der Waals surface area contributed by atoms with Crippen LogP contribution in [0.2, 0.25) is 0 Å². The molecule has 5 rings (SSSR count). The van der Waals surface area contributed by atoms with Crippen molar-refractivity contribution >= 4 is 37.7 Å². The predicted molar refractivity (Wildman–Crippen MR) is 142 cm³/mol. The summed E-state index contributed by atoms with van der Waals surface area (Å²) in [4.78, 5) is 13.6. The number of hydrogen-bond donors (Lipinski definition) is 0. The van der Waals surface area contributed by atoms with Gasteiger partial charge in [-0.15, -0.1) is 0 Å². The molecule has 2 bridgehead atoms. The van der Waals surface area contributed by atoms with Crippen LogP contribution in [0.3, 0.4) is 0 Å². The number of carbonyl (C=O) groups excluding carboxylic acids is 1. The summed E-state index contributed by atoms with van der Waals surface area (Å²) in [6, 6.07) is 32.6. The third kappa shape index (κ3) is 3.88. The lowest BCUT2D eigenvalue weighted by Crippen LogP contribution is -2.41. The van der Waals surface area contributed by atoms with Gasteiger partial charge >= 0.3 is 5.97 Å². The van der Waals surface area contributed by atoms with E-state index in [0.717, 1.165) is 0 Å². The highest BCUT2D eigenvalue weighted by Gasteiger charge is 2.61.